The summed E-state index contributed by atoms with van der Waals surface area (Å²) in [6.07, 6.45) is 0.218. The molecular formula is C23H19Cl2FN2O4. The van der Waals surface area contributed by atoms with Crippen LogP contribution in [-0.2, 0) is 16.1 Å². The van der Waals surface area contributed by atoms with Gasteiger partial charge >= 0.3 is 0 Å². The van der Waals surface area contributed by atoms with Gasteiger partial charge < -0.3 is 10.2 Å². The number of hydrogen-bond acceptors (Lipinski definition) is 4. The van der Waals surface area contributed by atoms with E-state index in [9.17, 15) is 19.2 Å². The van der Waals surface area contributed by atoms with Crippen molar-refractivity contribution in [3.05, 3.63) is 68.4 Å². The topological polar surface area (TPSA) is 83.6 Å². The molecule has 2 atom stereocenters. The highest BCUT2D eigenvalue weighted by atomic mass is 35.5. The predicted octanol–water partition coefficient (Wildman–Crippen LogP) is 4.27. The number of hydrogen-bond donors (Lipinski definition) is 1. The van der Waals surface area contributed by atoms with Gasteiger partial charge in [0, 0.05) is 27.6 Å². The monoisotopic (exact) mass is 476 g/mol. The number of nitrogens with one attached hydrogen (secondary N) is 1. The van der Waals surface area contributed by atoms with Gasteiger partial charge in [-0.1, -0.05) is 29.3 Å². The first-order valence-electron chi connectivity index (χ1n) is 10.1. The third-order valence-electron chi connectivity index (χ3n) is 5.90. The molecule has 166 valence electrons. The molecule has 1 N–H and O–H groups in total. The molecule has 0 radical (unpaired) electrons. The molecule has 0 spiro atoms. The summed E-state index contributed by atoms with van der Waals surface area (Å²) >= 11 is 12.1. The molecule has 2 aromatic carbocycles. The van der Waals surface area contributed by atoms with Crippen LogP contribution in [0, 0.1) is 5.82 Å². The molecule has 1 saturated carbocycles. The molecule has 4 rings (SSSR count). The number of carbonyl (C=O) groups excluding carboxylic acids is 4. The van der Waals surface area contributed by atoms with E-state index in [4.69, 9.17) is 23.2 Å². The average Bonchev–Trinajstić information content (AvgIpc) is 3.05. The van der Waals surface area contributed by atoms with Crippen LogP contribution >= 0.6 is 23.2 Å². The van der Waals surface area contributed by atoms with Crippen molar-refractivity contribution in [1.82, 2.24) is 10.2 Å². The molecule has 1 unspecified atom stereocenters. The van der Waals surface area contributed by atoms with E-state index in [2.05, 4.69) is 5.32 Å². The smallest absolute Gasteiger partial charge is 0.255 e. The molecule has 32 heavy (non-hydrogen) atoms. The van der Waals surface area contributed by atoms with Gasteiger partial charge in [0.25, 0.3) is 11.8 Å². The molecule has 2 aliphatic rings. The lowest BCUT2D eigenvalue weighted by Crippen LogP contribution is -2.44. The van der Waals surface area contributed by atoms with Crippen LogP contribution in [0.5, 0.6) is 0 Å². The minimum absolute atomic E-state index is 0.0736. The molecule has 1 heterocycles. The van der Waals surface area contributed by atoms with Crippen molar-refractivity contribution in [3.8, 4) is 0 Å². The molecule has 2 aromatic rings. The largest absolute Gasteiger partial charge is 0.345 e. The maximum absolute atomic E-state index is 15.3. The van der Waals surface area contributed by atoms with E-state index in [0.29, 0.717) is 15.6 Å². The summed E-state index contributed by atoms with van der Waals surface area (Å²) in [5, 5.41) is 3.53. The van der Waals surface area contributed by atoms with Gasteiger partial charge in [0.15, 0.2) is 5.78 Å². The zero-order valence-electron chi connectivity index (χ0n) is 17.1. The van der Waals surface area contributed by atoms with E-state index in [-0.39, 0.29) is 54.1 Å². The first kappa shape index (κ1) is 22.4. The minimum atomic E-state index is -0.801. The Bertz CT molecular complexity index is 1170. The van der Waals surface area contributed by atoms with Crippen molar-refractivity contribution >= 4 is 46.6 Å². The number of rotatable bonds is 4. The van der Waals surface area contributed by atoms with E-state index in [1.54, 1.807) is 25.1 Å². The standard InChI is InChI=1S/C23H19Cl2FN2O4/c1-11(14-4-2-12(24)8-18(14)25)27-22(31)16-6-5-15-17(21(16)26)10-28(23(15)32)19-7-3-13(29)9-20(19)30/h2,4-6,8,11,19H,3,7,9-10H2,1H3,(H,27,31)/t11-,19?/m0/s1. The fraction of sp³-hybridized carbons (Fsp3) is 0.304. The molecule has 0 bridgehead atoms. The maximum atomic E-state index is 15.3. The van der Waals surface area contributed by atoms with E-state index < -0.39 is 29.7 Å². The van der Waals surface area contributed by atoms with Crippen molar-refractivity contribution in [3.63, 3.8) is 0 Å². The number of nitrogens with zero attached hydrogens (tertiary/aromatic N) is 1. The average molecular weight is 477 g/mol. The fourth-order valence-corrected chi connectivity index (χ4v) is 4.77. The molecule has 9 heteroatoms. The van der Waals surface area contributed by atoms with E-state index in [0.717, 1.165) is 0 Å². The highest BCUT2D eigenvalue weighted by molar-refractivity contribution is 6.35. The van der Waals surface area contributed by atoms with Crippen LogP contribution in [0.4, 0.5) is 4.39 Å². The summed E-state index contributed by atoms with van der Waals surface area (Å²) in [4.78, 5) is 50.6. The lowest BCUT2D eigenvalue weighted by Gasteiger charge is -2.29. The Kier molecular flexibility index (Phi) is 6.05. The van der Waals surface area contributed by atoms with Crippen LogP contribution in [0.2, 0.25) is 10.0 Å². The number of Topliss-reactive ketones (excluding diaryl/α,β-unsaturated/α-hetero) is 2. The third kappa shape index (κ3) is 4.02. The molecule has 0 saturated heterocycles. The Balaban J connectivity index is 1.55. The van der Waals surface area contributed by atoms with Crippen LogP contribution in [0.1, 0.15) is 64.1 Å². The zero-order valence-corrected chi connectivity index (χ0v) is 18.6. The van der Waals surface area contributed by atoms with Crippen molar-refractivity contribution in [2.75, 3.05) is 0 Å². The van der Waals surface area contributed by atoms with Crippen molar-refractivity contribution in [1.29, 1.82) is 0 Å². The fourth-order valence-electron chi connectivity index (χ4n) is 4.19. The van der Waals surface area contributed by atoms with Gasteiger partial charge in [-0.2, -0.15) is 0 Å². The second-order valence-corrected chi connectivity index (χ2v) is 8.83. The van der Waals surface area contributed by atoms with Crippen LogP contribution in [0.15, 0.2) is 30.3 Å². The van der Waals surface area contributed by atoms with E-state index in [1.807, 2.05) is 0 Å². The summed E-state index contributed by atoms with van der Waals surface area (Å²) < 4.78 is 15.3. The lowest BCUT2D eigenvalue weighted by atomic mass is 9.92. The van der Waals surface area contributed by atoms with E-state index in [1.165, 1.54) is 17.0 Å². The Hall–Kier alpha value is -2.77. The summed E-state index contributed by atoms with van der Waals surface area (Å²) in [5.41, 5.74) is 0.611. The quantitative estimate of drug-likeness (QED) is 0.667. The van der Waals surface area contributed by atoms with Gasteiger partial charge in [0.1, 0.15) is 11.6 Å². The van der Waals surface area contributed by atoms with Gasteiger partial charge in [0.05, 0.1) is 30.6 Å². The van der Waals surface area contributed by atoms with Gasteiger partial charge in [-0.3, -0.25) is 19.2 Å². The number of carbonyl (C=O) groups is 4. The number of fused-ring (bicyclic) bond motifs is 1. The van der Waals surface area contributed by atoms with Crippen molar-refractivity contribution in [2.24, 2.45) is 0 Å². The first-order chi connectivity index (χ1) is 15.2. The first-order valence-corrected chi connectivity index (χ1v) is 10.9. The summed E-state index contributed by atoms with van der Waals surface area (Å²) in [7, 11) is 0. The van der Waals surface area contributed by atoms with E-state index >= 15 is 4.39 Å². The molecule has 1 fully saturated rings. The van der Waals surface area contributed by atoms with Crippen LogP contribution in [-0.4, -0.2) is 34.3 Å². The highest BCUT2D eigenvalue weighted by Gasteiger charge is 2.40. The second-order valence-electron chi connectivity index (χ2n) is 7.98. The van der Waals surface area contributed by atoms with Crippen LogP contribution < -0.4 is 5.32 Å². The molecular weight excluding hydrogens is 458 g/mol. The number of amides is 2. The molecule has 2 amide bonds. The predicted molar refractivity (Wildman–Crippen MR) is 116 cm³/mol. The maximum Gasteiger partial charge on any atom is 0.255 e. The number of ketones is 2. The number of halogens is 3. The Morgan fingerprint density at radius 2 is 1.94 bits per heavy atom. The summed E-state index contributed by atoms with van der Waals surface area (Å²) in [6.45, 7) is 1.59. The zero-order chi connectivity index (χ0) is 23.2. The SMILES string of the molecule is C[C@H](NC(=O)c1ccc2c(c1F)CN(C1CCC(=O)CC1=O)C2=O)c1ccc(Cl)cc1Cl. The molecule has 1 aliphatic heterocycles. The van der Waals surface area contributed by atoms with Crippen molar-refractivity contribution in [2.45, 2.75) is 44.8 Å². The third-order valence-corrected chi connectivity index (χ3v) is 6.46. The second kappa shape index (κ2) is 8.64. The Labute approximate surface area is 193 Å². The van der Waals surface area contributed by atoms with Gasteiger partial charge in [-0.15, -0.1) is 0 Å². The normalized spacial score (nSPS) is 19.2. The van der Waals surface area contributed by atoms with Crippen LogP contribution in [0.25, 0.3) is 0 Å². The number of benzene rings is 2. The molecule has 6 nitrogen and oxygen atoms in total. The van der Waals surface area contributed by atoms with Gasteiger partial charge in [0.2, 0.25) is 0 Å². The Morgan fingerprint density at radius 3 is 2.62 bits per heavy atom. The van der Waals surface area contributed by atoms with Crippen molar-refractivity contribution < 1.29 is 23.6 Å². The Morgan fingerprint density at radius 1 is 1.19 bits per heavy atom. The summed E-state index contributed by atoms with van der Waals surface area (Å²) in [5.74, 6) is -2.43. The minimum Gasteiger partial charge on any atom is -0.345 e. The van der Waals surface area contributed by atoms with Crippen LogP contribution in [0.3, 0.4) is 0 Å². The molecule has 1 aliphatic carbocycles. The highest BCUT2D eigenvalue weighted by Crippen LogP contribution is 2.32. The van der Waals surface area contributed by atoms with Gasteiger partial charge in [-0.05, 0) is 43.2 Å². The lowest BCUT2D eigenvalue weighted by molar-refractivity contribution is -0.133. The van der Waals surface area contributed by atoms with Gasteiger partial charge in [-0.25, -0.2) is 4.39 Å². The molecule has 0 aromatic heterocycles. The summed E-state index contributed by atoms with van der Waals surface area (Å²) in [6, 6.07) is 6.25.